The van der Waals surface area contributed by atoms with E-state index < -0.39 is 5.91 Å². The number of carbonyl (C=O) groups excluding carboxylic acids is 2. The zero-order chi connectivity index (χ0) is 13.1. The standard InChI is InChI=1S/C12H9BrN2O2S/c13-8-3-1-2-7(6-8)11(17)15-12-9(10(14)16)4-5-18-12/h1-6H,(H2,14,16)(H,15,17). The first kappa shape index (κ1) is 12.8. The molecule has 1 aromatic carbocycles. The molecule has 0 bridgehead atoms. The highest BCUT2D eigenvalue weighted by Crippen LogP contribution is 2.23. The van der Waals surface area contributed by atoms with Crippen LogP contribution >= 0.6 is 27.3 Å². The minimum atomic E-state index is -0.555. The molecule has 2 aromatic rings. The van der Waals surface area contributed by atoms with Gasteiger partial charge in [0, 0.05) is 10.0 Å². The van der Waals surface area contributed by atoms with Crippen LogP contribution in [0.4, 0.5) is 5.00 Å². The SMILES string of the molecule is NC(=O)c1ccsc1NC(=O)c1cccc(Br)c1. The largest absolute Gasteiger partial charge is 0.366 e. The van der Waals surface area contributed by atoms with Crippen molar-refractivity contribution in [3.63, 3.8) is 0 Å². The summed E-state index contributed by atoms with van der Waals surface area (Å²) in [5.74, 6) is -0.831. The van der Waals surface area contributed by atoms with Crippen LogP contribution in [0, 0.1) is 0 Å². The topological polar surface area (TPSA) is 72.2 Å². The number of nitrogens with two attached hydrogens (primary N) is 1. The minimum Gasteiger partial charge on any atom is -0.366 e. The lowest BCUT2D eigenvalue weighted by Crippen LogP contribution is -2.16. The molecule has 2 amide bonds. The quantitative estimate of drug-likeness (QED) is 0.911. The summed E-state index contributed by atoms with van der Waals surface area (Å²) in [6, 6.07) is 8.58. The maximum atomic E-state index is 12.0. The van der Waals surface area contributed by atoms with Gasteiger partial charge in [0.05, 0.1) is 5.56 Å². The minimum absolute atomic E-state index is 0.277. The molecule has 92 valence electrons. The summed E-state index contributed by atoms with van der Waals surface area (Å²) in [7, 11) is 0. The van der Waals surface area contributed by atoms with E-state index in [1.807, 2.05) is 6.07 Å². The van der Waals surface area contributed by atoms with Crippen LogP contribution in [0.1, 0.15) is 20.7 Å². The van der Waals surface area contributed by atoms with Crippen molar-refractivity contribution in [1.82, 2.24) is 0 Å². The summed E-state index contributed by atoms with van der Waals surface area (Å²) in [5, 5.41) is 4.84. The molecule has 0 radical (unpaired) electrons. The summed E-state index contributed by atoms with van der Waals surface area (Å²) >= 11 is 4.56. The first-order valence-corrected chi connectivity index (χ1v) is 6.69. The Hall–Kier alpha value is -1.66. The van der Waals surface area contributed by atoms with Crippen LogP contribution in [0.3, 0.4) is 0 Å². The number of thiophene rings is 1. The Morgan fingerprint density at radius 2 is 2.06 bits per heavy atom. The molecule has 1 aromatic heterocycles. The first-order valence-electron chi connectivity index (χ1n) is 5.02. The van der Waals surface area contributed by atoms with Crippen LogP contribution in [0.15, 0.2) is 40.2 Å². The summed E-state index contributed by atoms with van der Waals surface area (Å²) in [6.07, 6.45) is 0. The van der Waals surface area contributed by atoms with Crippen molar-refractivity contribution in [1.29, 1.82) is 0 Å². The zero-order valence-corrected chi connectivity index (χ0v) is 11.5. The lowest BCUT2D eigenvalue weighted by molar-refractivity contribution is 0.100. The molecular weight excluding hydrogens is 316 g/mol. The van der Waals surface area contributed by atoms with E-state index in [1.54, 1.807) is 29.6 Å². The number of amides is 2. The lowest BCUT2D eigenvalue weighted by atomic mass is 10.2. The third kappa shape index (κ3) is 2.77. The molecule has 6 heteroatoms. The number of benzene rings is 1. The van der Waals surface area contributed by atoms with Crippen molar-refractivity contribution in [2.75, 3.05) is 5.32 Å². The Morgan fingerprint density at radius 3 is 2.72 bits per heavy atom. The molecule has 1 heterocycles. The van der Waals surface area contributed by atoms with Crippen LogP contribution in [0.5, 0.6) is 0 Å². The van der Waals surface area contributed by atoms with Gasteiger partial charge in [0.15, 0.2) is 0 Å². The Kier molecular flexibility index (Phi) is 3.78. The molecule has 0 aliphatic carbocycles. The fraction of sp³-hybridized carbons (Fsp3) is 0. The molecule has 0 aliphatic heterocycles. The Labute approximate surface area is 116 Å². The van der Waals surface area contributed by atoms with Gasteiger partial charge in [-0.1, -0.05) is 22.0 Å². The van der Waals surface area contributed by atoms with E-state index in [1.165, 1.54) is 11.3 Å². The summed E-state index contributed by atoms with van der Waals surface area (Å²) in [4.78, 5) is 23.1. The number of rotatable bonds is 3. The van der Waals surface area contributed by atoms with Crippen molar-refractivity contribution in [3.05, 3.63) is 51.3 Å². The maximum Gasteiger partial charge on any atom is 0.256 e. The fourth-order valence-electron chi connectivity index (χ4n) is 1.41. The predicted octanol–water partition coefficient (Wildman–Crippen LogP) is 2.86. The van der Waals surface area contributed by atoms with E-state index in [0.717, 1.165) is 4.47 Å². The number of primary amides is 1. The van der Waals surface area contributed by atoms with Gasteiger partial charge in [0.2, 0.25) is 0 Å². The maximum absolute atomic E-state index is 12.0. The van der Waals surface area contributed by atoms with Gasteiger partial charge in [-0.05, 0) is 29.6 Å². The fourth-order valence-corrected chi connectivity index (χ4v) is 2.59. The van der Waals surface area contributed by atoms with Crippen molar-refractivity contribution >= 4 is 44.1 Å². The van der Waals surface area contributed by atoms with E-state index in [9.17, 15) is 9.59 Å². The van der Waals surface area contributed by atoms with E-state index in [0.29, 0.717) is 16.1 Å². The number of carbonyl (C=O) groups is 2. The Bertz CT molecular complexity index is 610. The average Bonchev–Trinajstić information content (AvgIpc) is 2.77. The number of hydrogen-bond donors (Lipinski definition) is 2. The molecule has 18 heavy (non-hydrogen) atoms. The van der Waals surface area contributed by atoms with Gasteiger partial charge < -0.3 is 11.1 Å². The monoisotopic (exact) mass is 324 g/mol. The molecule has 2 rings (SSSR count). The molecule has 0 saturated heterocycles. The van der Waals surface area contributed by atoms with Gasteiger partial charge >= 0.3 is 0 Å². The molecule has 4 nitrogen and oxygen atoms in total. The number of halogens is 1. The normalized spacial score (nSPS) is 10.1. The van der Waals surface area contributed by atoms with E-state index in [2.05, 4.69) is 21.2 Å². The zero-order valence-electron chi connectivity index (χ0n) is 9.14. The van der Waals surface area contributed by atoms with Crippen molar-refractivity contribution in [2.24, 2.45) is 5.73 Å². The van der Waals surface area contributed by atoms with Crippen LogP contribution in [0.25, 0.3) is 0 Å². The molecule has 0 aliphatic rings. The second kappa shape index (κ2) is 5.32. The van der Waals surface area contributed by atoms with Crippen molar-refractivity contribution in [3.8, 4) is 0 Å². The van der Waals surface area contributed by atoms with Gasteiger partial charge in [-0.25, -0.2) is 0 Å². The molecular formula is C12H9BrN2O2S. The Morgan fingerprint density at radius 1 is 1.28 bits per heavy atom. The summed E-state index contributed by atoms with van der Waals surface area (Å²) in [6.45, 7) is 0. The third-order valence-electron chi connectivity index (χ3n) is 2.24. The second-order valence-electron chi connectivity index (χ2n) is 3.49. The highest BCUT2D eigenvalue weighted by atomic mass is 79.9. The van der Waals surface area contributed by atoms with Gasteiger partial charge in [-0.2, -0.15) is 0 Å². The third-order valence-corrected chi connectivity index (χ3v) is 3.57. The summed E-state index contributed by atoms with van der Waals surface area (Å²) < 4.78 is 0.816. The van der Waals surface area contributed by atoms with Gasteiger partial charge in [0.1, 0.15) is 5.00 Å². The molecule has 0 spiro atoms. The number of hydrogen-bond acceptors (Lipinski definition) is 3. The van der Waals surface area contributed by atoms with Crippen molar-refractivity contribution < 1.29 is 9.59 Å². The highest BCUT2D eigenvalue weighted by molar-refractivity contribution is 9.10. The second-order valence-corrected chi connectivity index (χ2v) is 5.32. The number of anilines is 1. The average molecular weight is 325 g/mol. The van der Waals surface area contributed by atoms with Crippen LogP contribution in [0.2, 0.25) is 0 Å². The molecule has 0 unspecified atom stereocenters. The highest BCUT2D eigenvalue weighted by Gasteiger charge is 2.13. The van der Waals surface area contributed by atoms with Crippen LogP contribution in [-0.4, -0.2) is 11.8 Å². The lowest BCUT2D eigenvalue weighted by Gasteiger charge is -2.04. The van der Waals surface area contributed by atoms with E-state index in [-0.39, 0.29) is 5.91 Å². The molecule has 3 N–H and O–H groups in total. The Balaban J connectivity index is 2.21. The summed E-state index contributed by atoms with van der Waals surface area (Å²) in [5.41, 5.74) is 6.04. The smallest absolute Gasteiger partial charge is 0.256 e. The van der Waals surface area contributed by atoms with Gasteiger partial charge in [-0.15, -0.1) is 11.3 Å². The van der Waals surface area contributed by atoms with E-state index in [4.69, 9.17) is 5.73 Å². The number of nitrogens with one attached hydrogen (secondary N) is 1. The molecule has 0 atom stereocenters. The van der Waals surface area contributed by atoms with Crippen LogP contribution in [-0.2, 0) is 0 Å². The predicted molar refractivity (Wildman–Crippen MR) is 74.9 cm³/mol. The van der Waals surface area contributed by atoms with Gasteiger partial charge in [0.25, 0.3) is 11.8 Å². The van der Waals surface area contributed by atoms with Crippen molar-refractivity contribution in [2.45, 2.75) is 0 Å². The van der Waals surface area contributed by atoms with Crippen LogP contribution < -0.4 is 11.1 Å². The molecule has 0 fully saturated rings. The first-order chi connectivity index (χ1) is 8.58. The molecule has 0 saturated carbocycles. The van der Waals surface area contributed by atoms with E-state index >= 15 is 0 Å². The van der Waals surface area contributed by atoms with Gasteiger partial charge in [-0.3, -0.25) is 9.59 Å².